The second-order valence-electron chi connectivity index (χ2n) is 5.69. The highest BCUT2D eigenvalue weighted by molar-refractivity contribution is 5.78. The van der Waals surface area contributed by atoms with Crippen molar-refractivity contribution in [1.82, 2.24) is 15.5 Å². The van der Waals surface area contributed by atoms with Gasteiger partial charge in [0.25, 0.3) is 0 Å². The van der Waals surface area contributed by atoms with Crippen LogP contribution in [0.1, 0.15) is 24.8 Å². The molecule has 0 radical (unpaired) electrons. The number of nitrogens with one attached hydrogen (secondary N) is 2. The minimum Gasteiger partial charge on any atom is -0.492 e. The first-order valence-electron chi connectivity index (χ1n) is 8.14. The minimum atomic E-state index is -0.271. The number of likely N-dealkylation sites (tertiary alicyclic amines) is 1. The molecule has 0 bridgehead atoms. The molecular weight excluding hydrogens is 294 g/mol. The van der Waals surface area contributed by atoms with Gasteiger partial charge in [0, 0.05) is 26.1 Å². The molecule has 1 aromatic rings. The summed E-state index contributed by atoms with van der Waals surface area (Å²) >= 11 is 0. The number of urea groups is 1. The van der Waals surface area contributed by atoms with Crippen LogP contribution < -0.4 is 15.4 Å². The lowest BCUT2D eigenvalue weighted by Gasteiger charge is -2.15. The van der Waals surface area contributed by atoms with Crippen LogP contribution in [0.5, 0.6) is 5.75 Å². The van der Waals surface area contributed by atoms with E-state index in [1.165, 1.54) is 0 Å². The maximum absolute atomic E-state index is 11.8. The van der Waals surface area contributed by atoms with Crippen molar-refractivity contribution < 1.29 is 14.3 Å². The summed E-state index contributed by atoms with van der Waals surface area (Å²) in [7, 11) is 0. The molecule has 0 spiro atoms. The highest BCUT2D eigenvalue weighted by Crippen LogP contribution is 2.11. The molecule has 0 atom stereocenters. The van der Waals surface area contributed by atoms with Crippen molar-refractivity contribution in [2.24, 2.45) is 0 Å². The molecule has 2 rings (SSSR count). The minimum absolute atomic E-state index is 0.116. The number of rotatable bonds is 7. The Morgan fingerprint density at radius 1 is 1.17 bits per heavy atom. The molecule has 3 amide bonds. The van der Waals surface area contributed by atoms with Crippen molar-refractivity contribution >= 4 is 11.9 Å². The van der Waals surface area contributed by atoms with Gasteiger partial charge in [0.2, 0.25) is 5.91 Å². The van der Waals surface area contributed by atoms with E-state index in [4.69, 9.17) is 4.74 Å². The molecule has 1 fully saturated rings. The first kappa shape index (κ1) is 17.1. The van der Waals surface area contributed by atoms with Gasteiger partial charge in [-0.05, 0) is 37.5 Å². The Labute approximate surface area is 137 Å². The zero-order chi connectivity index (χ0) is 16.5. The highest BCUT2D eigenvalue weighted by Gasteiger charge is 2.17. The normalized spacial score (nSPS) is 13.7. The number of carbonyl (C=O) groups excluding carboxylic acids is 2. The van der Waals surface area contributed by atoms with Crippen LogP contribution in [0.2, 0.25) is 0 Å². The molecule has 126 valence electrons. The van der Waals surface area contributed by atoms with E-state index in [0.717, 1.165) is 37.2 Å². The van der Waals surface area contributed by atoms with E-state index in [2.05, 4.69) is 10.6 Å². The lowest BCUT2D eigenvalue weighted by atomic mass is 10.2. The molecule has 1 aliphatic heterocycles. The highest BCUT2D eigenvalue weighted by atomic mass is 16.5. The number of carbonyl (C=O) groups is 2. The third kappa shape index (κ3) is 6.18. The second-order valence-corrected chi connectivity index (χ2v) is 5.69. The number of aryl methyl sites for hydroxylation is 1. The van der Waals surface area contributed by atoms with Gasteiger partial charge in [-0.15, -0.1) is 0 Å². The molecule has 23 heavy (non-hydrogen) atoms. The van der Waals surface area contributed by atoms with Crippen molar-refractivity contribution in [1.29, 1.82) is 0 Å². The molecule has 0 aromatic heterocycles. The van der Waals surface area contributed by atoms with Crippen LogP contribution in [0.25, 0.3) is 0 Å². The lowest BCUT2D eigenvalue weighted by molar-refractivity contribution is -0.129. The van der Waals surface area contributed by atoms with Gasteiger partial charge in [-0.3, -0.25) is 4.79 Å². The van der Waals surface area contributed by atoms with Gasteiger partial charge in [-0.1, -0.05) is 12.1 Å². The molecule has 6 heteroatoms. The maximum Gasteiger partial charge on any atom is 0.314 e. The van der Waals surface area contributed by atoms with Gasteiger partial charge in [0.05, 0.1) is 6.54 Å². The fraction of sp³-hybridized carbons (Fsp3) is 0.529. The van der Waals surface area contributed by atoms with Gasteiger partial charge in [-0.2, -0.15) is 0 Å². The largest absolute Gasteiger partial charge is 0.492 e. The van der Waals surface area contributed by atoms with Crippen molar-refractivity contribution in [3.8, 4) is 5.75 Å². The second kappa shape index (κ2) is 9.02. The van der Waals surface area contributed by atoms with Crippen LogP contribution >= 0.6 is 0 Å². The van der Waals surface area contributed by atoms with Crippen molar-refractivity contribution in [2.75, 3.05) is 32.8 Å². The van der Waals surface area contributed by atoms with E-state index in [-0.39, 0.29) is 11.9 Å². The van der Waals surface area contributed by atoms with Gasteiger partial charge in [-0.25, -0.2) is 4.79 Å². The van der Waals surface area contributed by atoms with Gasteiger partial charge in [0.15, 0.2) is 0 Å². The molecule has 1 heterocycles. The van der Waals surface area contributed by atoms with E-state index in [0.29, 0.717) is 26.1 Å². The molecular formula is C17H25N3O3. The molecule has 0 aliphatic carbocycles. The van der Waals surface area contributed by atoms with Gasteiger partial charge in [0.1, 0.15) is 12.4 Å². The SMILES string of the molecule is Cc1cccc(OCCNC(=O)NCCC(=O)N2CCCC2)c1. The molecule has 0 saturated carbocycles. The third-order valence-corrected chi connectivity index (χ3v) is 3.73. The molecule has 1 saturated heterocycles. The molecule has 6 nitrogen and oxygen atoms in total. The summed E-state index contributed by atoms with van der Waals surface area (Å²) in [6, 6.07) is 7.50. The van der Waals surface area contributed by atoms with Crippen LogP contribution in [-0.2, 0) is 4.79 Å². The van der Waals surface area contributed by atoms with Crippen LogP contribution in [0.4, 0.5) is 4.79 Å². The quantitative estimate of drug-likeness (QED) is 0.751. The molecule has 0 unspecified atom stereocenters. The van der Waals surface area contributed by atoms with Crippen molar-refractivity contribution in [3.05, 3.63) is 29.8 Å². The first-order chi connectivity index (χ1) is 11.1. The predicted molar refractivity (Wildman–Crippen MR) is 88.5 cm³/mol. The predicted octanol–water partition coefficient (Wildman–Crippen LogP) is 1.69. The van der Waals surface area contributed by atoms with E-state index >= 15 is 0 Å². The number of benzene rings is 1. The number of hydrogen-bond donors (Lipinski definition) is 2. The Morgan fingerprint density at radius 2 is 1.91 bits per heavy atom. The monoisotopic (exact) mass is 319 g/mol. The standard InChI is InChI=1S/C17H25N3O3/c1-14-5-4-6-15(13-14)23-12-9-19-17(22)18-8-7-16(21)20-10-2-3-11-20/h4-6,13H,2-3,7-12H2,1H3,(H2,18,19,22). The summed E-state index contributed by atoms with van der Waals surface area (Å²) in [4.78, 5) is 25.3. The molecule has 2 N–H and O–H groups in total. The lowest BCUT2D eigenvalue weighted by Crippen LogP contribution is -2.39. The summed E-state index contributed by atoms with van der Waals surface area (Å²) in [5.41, 5.74) is 1.14. The smallest absolute Gasteiger partial charge is 0.314 e. The molecule has 1 aromatic carbocycles. The van der Waals surface area contributed by atoms with E-state index < -0.39 is 0 Å². The summed E-state index contributed by atoms with van der Waals surface area (Å²) < 4.78 is 5.54. The summed E-state index contributed by atoms with van der Waals surface area (Å²) in [5, 5.41) is 5.40. The van der Waals surface area contributed by atoms with Crippen LogP contribution in [0.3, 0.4) is 0 Å². The summed E-state index contributed by atoms with van der Waals surface area (Å²) in [5.74, 6) is 0.911. The first-order valence-corrected chi connectivity index (χ1v) is 8.14. The number of hydrogen-bond acceptors (Lipinski definition) is 3. The van der Waals surface area contributed by atoms with Gasteiger partial charge < -0.3 is 20.3 Å². The number of ether oxygens (including phenoxy) is 1. The van der Waals surface area contributed by atoms with Crippen molar-refractivity contribution in [3.63, 3.8) is 0 Å². The zero-order valence-corrected chi connectivity index (χ0v) is 13.6. The van der Waals surface area contributed by atoms with E-state index in [1.807, 2.05) is 36.1 Å². The van der Waals surface area contributed by atoms with Crippen molar-refractivity contribution in [2.45, 2.75) is 26.2 Å². The maximum atomic E-state index is 11.8. The Morgan fingerprint density at radius 3 is 2.65 bits per heavy atom. The fourth-order valence-electron chi connectivity index (χ4n) is 2.51. The zero-order valence-electron chi connectivity index (χ0n) is 13.6. The average molecular weight is 319 g/mol. The Hall–Kier alpha value is -2.24. The Bertz CT molecular complexity index is 528. The summed E-state index contributed by atoms with van der Waals surface area (Å²) in [6.07, 6.45) is 2.52. The van der Waals surface area contributed by atoms with E-state index in [9.17, 15) is 9.59 Å². The van der Waals surface area contributed by atoms with Crippen LogP contribution in [0.15, 0.2) is 24.3 Å². The summed E-state index contributed by atoms with van der Waals surface area (Å²) in [6.45, 7) is 4.88. The Balaban J connectivity index is 1.52. The molecule has 1 aliphatic rings. The average Bonchev–Trinajstić information content (AvgIpc) is 3.06. The van der Waals surface area contributed by atoms with Crippen LogP contribution in [0, 0.1) is 6.92 Å². The van der Waals surface area contributed by atoms with Crippen LogP contribution in [-0.4, -0.2) is 49.6 Å². The Kier molecular flexibility index (Phi) is 6.72. The van der Waals surface area contributed by atoms with Gasteiger partial charge >= 0.3 is 6.03 Å². The van der Waals surface area contributed by atoms with E-state index in [1.54, 1.807) is 0 Å². The fourth-order valence-corrected chi connectivity index (χ4v) is 2.51. The third-order valence-electron chi connectivity index (χ3n) is 3.73. The number of nitrogens with zero attached hydrogens (tertiary/aromatic N) is 1. The number of amides is 3. The topological polar surface area (TPSA) is 70.7 Å².